The molecule has 0 amide bonds. The molecular formula is C12H16FNO. The van der Waals surface area contributed by atoms with Crippen LogP contribution in [0.2, 0.25) is 0 Å². The molecule has 0 spiro atoms. The smallest absolute Gasteiger partial charge is 0.165 e. The van der Waals surface area contributed by atoms with Crippen LogP contribution in [0.25, 0.3) is 0 Å². The van der Waals surface area contributed by atoms with E-state index >= 15 is 0 Å². The van der Waals surface area contributed by atoms with Crippen molar-refractivity contribution in [3.05, 3.63) is 29.6 Å². The van der Waals surface area contributed by atoms with E-state index in [1.165, 1.54) is 18.6 Å². The van der Waals surface area contributed by atoms with E-state index in [0.29, 0.717) is 5.92 Å². The van der Waals surface area contributed by atoms with Crippen molar-refractivity contribution in [3.63, 3.8) is 0 Å². The second kappa shape index (κ2) is 4.19. The van der Waals surface area contributed by atoms with Crippen molar-refractivity contribution in [1.29, 1.82) is 0 Å². The fourth-order valence-corrected chi connectivity index (χ4v) is 2.02. The lowest BCUT2D eigenvalue weighted by Crippen LogP contribution is -2.31. The molecule has 3 heteroatoms. The maximum atomic E-state index is 13.1. The number of nitrogens with one attached hydrogen (secondary N) is 1. The van der Waals surface area contributed by atoms with Crippen LogP contribution in [0.4, 0.5) is 4.39 Å². The van der Waals surface area contributed by atoms with Gasteiger partial charge in [-0.1, -0.05) is 13.0 Å². The van der Waals surface area contributed by atoms with Gasteiger partial charge in [0.25, 0.3) is 0 Å². The first kappa shape index (κ1) is 10.4. The first-order valence-corrected chi connectivity index (χ1v) is 5.38. The highest BCUT2D eigenvalue weighted by Crippen LogP contribution is 2.27. The van der Waals surface area contributed by atoms with E-state index in [4.69, 9.17) is 5.11 Å². The van der Waals surface area contributed by atoms with Gasteiger partial charge in [0, 0.05) is 6.04 Å². The van der Waals surface area contributed by atoms with Gasteiger partial charge in [-0.3, -0.25) is 0 Å². The number of aromatic hydroxyl groups is 1. The molecule has 0 bridgehead atoms. The summed E-state index contributed by atoms with van der Waals surface area (Å²) in [5.74, 6) is -0.112. The molecule has 1 aromatic rings. The molecule has 2 N–H and O–H groups in total. The Bertz CT molecular complexity index is 345. The number of phenolic OH excluding ortho intramolecular Hbond substituents is 1. The topological polar surface area (TPSA) is 32.3 Å². The number of phenols is 1. The van der Waals surface area contributed by atoms with E-state index in [1.807, 2.05) is 0 Å². The zero-order chi connectivity index (χ0) is 10.8. The minimum absolute atomic E-state index is 0.233. The number of hydrogen-bond donors (Lipinski definition) is 2. The van der Waals surface area contributed by atoms with Gasteiger partial charge >= 0.3 is 0 Å². The molecule has 0 aromatic heterocycles. The summed E-state index contributed by atoms with van der Waals surface area (Å²) >= 11 is 0. The molecule has 1 aliphatic heterocycles. The minimum atomic E-state index is -0.534. The Hall–Kier alpha value is -1.09. The number of piperidine rings is 1. The zero-order valence-corrected chi connectivity index (χ0v) is 8.83. The molecule has 1 saturated heterocycles. The van der Waals surface area contributed by atoms with Gasteiger partial charge in [0.2, 0.25) is 0 Å². The average molecular weight is 209 g/mol. The van der Waals surface area contributed by atoms with E-state index < -0.39 is 5.82 Å². The summed E-state index contributed by atoms with van der Waals surface area (Å²) in [4.78, 5) is 0. The van der Waals surface area contributed by atoms with Gasteiger partial charge in [0.1, 0.15) is 0 Å². The molecule has 1 aliphatic rings. The molecule has 15 heavy (non-hydrogen) atoms. The quantitative estimate of drug-likeness (QED) is 0.745. The summed E-state index contributed by atoms with van der Waals surface area (Å²) in [5, 5.41) is 12.5. The molecule has 2 atom stereocenters. The molecule has 2 rings (SSSR count). The van der Waals surface area contributed by atoms with Gasteiger partial charge in [-0.2, -0.15) is 0 Å². The van der Waals surface area contributed by atoms with Crippen molar-refractivity contribution in [3.8, 4) is 5.75 Å². The van der Waals surface area contributed by atoms with Gasteiger partial charge in [-0.15, -0.1) is 0 Å². The molecule has 2 nitrogen and oxygen atoms in total. The van der Waals surface area contributed by atoms with Crippen molar-refractivity contribution < 1.29 is 9.50 Å². The van der Waals surface area contributed by atoms with Crippen LogP contribution in [0.3, 0.4) is 0 Å². The largest absolute Gasteiger partial charge is 0.505 e. The second-order valence-corrected chi connectivity index (χ2v) is 4.35. The number of rotatable bonds is 1. The number of benzene rings is 1. The third kappa shape index (κ3) is 2.29. The van der Waals surface area contributed by atoms with Crippen LogP contribution in [0.5, 0.6) is 5.75 Å². The minimum Gasteiger partial charge on any atom is -0.505 e. The third-order valence-electron chi connectivity index (χ3n) is 3.03. The summed E-state index contributed by atoms with van der Waals surface area (Å²) in [7, 11) is 0. The van der Waals surface area contributed by atoms with Gasteiger partial charge in [-0.25, -0.2) is 4.39 Å². The van der Waals surface area contributed by atoms with Crippen molar-refractivity contribution in [2.24, 2.45) is 5.92 Å². The third-order valence-corrected chi connectivity index (χ3v) is 3.03. The van der Waals surface area contributed by atoms with Crippen LogP contribution in [0.15, 0.2) is 18.2 Å². The SMILES string of the molecule is CC1CCC(c2ccc(O)c(F)c2)NC1. The van der Waals surface area contributed by atoms with Crippen LogP contribution in [0, 0.1) is 11.7 Å². The average Bonchev–Trinajstić information content (AvgIpc) is 2.23. The van der Waals surface area contributed by atoms with Crippen LogP contribution in [-0.2, 0) is 0 Å². The zero-order valence-electron chi connectivity index (χ0n) is 8.83. The molecule has 0 saturated carbocycles. The molecule has 1 aromatic carbocycles. The lowest BCUT2D eigenvalue weighted by Gasteiger charge is -2.28. The van der Waals surface area contributed by atoms with Crippen LogP contribution in [0.1, 0.15) is 31.4 Å². The van der Waals surface area contributed by atoms with Crippen molar-refractivity contribution in [2.75, 3.05) is 6.54 Å². The van der Waals surface area contributed by atoms with E-state index in [1.54, 1.807) is 6.07 Å². The first-order chi connectivity index (χ1) is 7.16. The van der Waals surface area contributed by atoms with Gasteiger partial charge in [-0.05, 0) is 43.0 Å². The van der Waals surface area contributed by atoms with Gasteiger partial charge < -0.3 is 10.4 Å². The first-order valence-electron chi connectivity index (χ1n) is 5.38. The molecule has 2 unspecified atom stereocenters. The van der Waals surface area contributed by atoms with Gasteiger partial charge in [0.05, 0.1) is 0 Å². The standard InChI is InChI=1S/C12H16FNO/c1-8-2-4-11(14-7-8)9-3-5-12(15)10(13)6-9/h3,5-6,8,11,14-15H,2,4,7H2,1H3. The Balaban J connectivity index is 2.12. The van der Waals surface area contributed by atoms with E-state index in [-0.39, 0.29) is 11.8 Å². The second-order valence-electron chi connectivity index (χ2n) is 4.35. The monoisotopic (exact) mass is 209 g/mol. The summed E-state index contributed by atoms with van der Waals surface area (Å²) in [6, 6.07) is 4.86. The fraction of sp³-hybridized carbons (Fsp3) is 0.500. The molecule has 0 aliphatic carbocycles. The summed E-state index contributed by atoms with van der Waals surface area (Å²) in [5.41, 5.74) is 0.928. The van der Waals surface area contributed by atoms with E-state index in [9.17, 15) is 4.39 Å². The normalized spacial score (nSPS) is 26.5. The Labute approximate surface area is 89.1 Å². The Morgan fingerprint density at radius 1 is 1.40 bits per heavy atom. The van der Waals surface area contributed by atoms with Crippen molar-refractivity contribution in [2.45, 2.75) is 25.8 Å². The lowest BCUT2D eigenvalue weighted by molar-refractivity contribution is 0.331. The molecule has 1 heterocycles. The fourth-order valence-electron chi connectivity index (χ4n) is 2.02. The molecule has 0 radical (unpaired) electrons. The van der Waals surface area contributed by atoms with Crippen molar-refractivity contribution >= 4 is 0 Å². The summed E-state index contributed by atoms with van der Waals surface area (Å²) < 4.78 is 13.1. The van der Waals surface area contributed by atoms with Crippen LogP contribution >= 0.6 is 0 Å². The lowest BCUT2D eigenvalue weighted by atomic mass is 9.92. The molecular weight excluding hydrogens is 193 g/mol. The predicted molar refractivity (Wildman–Crippen MR) is 57.2 cm³/mol. The van der Waals surface area contributed by atoms with Crippen LogP contribution < -0.4 is 5.32 Å². The highest BCUT2D eigenvalue weighted by Gasteiger charge is 2.19. The molecule has 1 fully saturated rings. The van der Waals surface area contributed by atoms with Crippen molar-refractivity contribution in [1.82, 2.24) is 5.32 Å². The predicted octanol–water partition coefficient (Wildman–Crippen LogP) is 2.59. The summed E-state index contributed by atoms with van der Waals surface area (Å²) in [6.45, 7) is 3.19. The number of halogens is 1. The maximum absolute atomic E-state index is 13.1. The van der Waals surface area contributed by atoms with Crippen LogP contribution in [-0.4, -0.2) is 11.7 Å². The van der Waals surface area contributed by atoms with E-state index in [0.717, 1.165) is 18.5 Å². The van der Waals surface area contributed by atoms with Gasteiger partial charge in [0.15, 0.2) is 11.6 Å². The Morgan fingerprint density at radius 3 is 2.80 bits per heavy atom. The highest BCUT2D eigenvalue weighted by atomic mass is 19.1. The highest BCUT2D eigenvalue weighted by molar-refractivity contribution is 5.30. The molecule has 82 valence electrons. The maximum Gasteiger partial charge on any atom is 0.165 e. The van der Waals surface area contributed by atoms with E-state index in [2.05, 4.69) is 12.2 Å². The Kier molecular flexibility index (Phi) is 2.91. The number of hydrogen-bond acceptors (Lipinski definition) is 2. The Morgan fingerprint density at radius 2 is 2.20 bits per heavy atom. The summed E-state index contributed by atoms with van der Waals surface area (Å²) in [6.07, 6.45) is 2.20.